The van der Waals surface area contributed by atoms with Gasteiger partial charge in [0, 0.05) is 19.8 Å². The Bertz CT molecular complexity index is 2120. The number of hydrogen-bond acceptors (Lipinski definition) is 20. The maximum Gasteiger partial charge on any atom is 0.364 e. The number of hydrogen-bond donors (Lipinski definition) is 14. The molecule has 23 nitrogen and oxygen atoms in total. The zero-order valence-corrected chi connectivity index (χ0v) is 67.3. The summed E-state index contributed by atoms with van der Waals surface area (Å²) in [7, 11) is 0. The minimum absolute atomic E-state index is 0.230. The van der Waals surface area contributed by atoms with Crippen LogP contribution in [-0.4, -0.2) is 215 Å². The van der Waals surface area contributed by atoms with Crippen LogP contribution in [0.15, 0.2) is 0 Å². The standard InChI is InChI=1S/C84H160N2O21/c1-4-6-8-10-12-14-16-18-20-22-24-25-26-27-28-29-30-31-32-33-34-35-36-37-38-39-40-42-44-46-48-50-52-54-56-58-71(94)86-65(66(91)57-55-53-51-49-47-45-43-41-23-21-19-17-15-13-11-9-7-5-2)63-102-81-76(98)75(97)78(70(62-89)104-81)105-82-77(99)80(74(96)69(61-88)103-82)107-84(83(100)101)59-67(92)72(85-64(3)90)79(106-84)73(95)68(93)60-87/h65-70,72-82,87-89,91-93,95-99H,4-63H2,1-3H3,(H,85,90)(H,86,94)(H,100,101). The highest BCUT2D eigenvalue weighted by Crippen LogP contribution is 2.39. The van der Waals surface area contributed by atoms with Gasteiger partial charge in [-0.25, -0.2) is 4.79 Å². The van der Waals surface area contributed by atoms with Gasteiger partial charge >= 0.3 is 5.97 Å². The van der Waals surface area contributed by atoms with E-state index in [0.717, 1.165) is 51.9 Å². The summed E-state index contributed by atoms with van der Waals surface area (Å²) in [6.45, 7) is 2.28. The van der Waals surface area contributed by atoms with E-state index < -0.39 is 148 Å². The fourth-order valence-corrected chi connectivity index (χ4v) is 15.7. The van der Waals surface area contributed by atoms with Crippen LogP contribution < -0.4 is 10.6 Å². The third-order valence-corrected chi connectivity index (χ3v) is 22.6. The van der Waals surface area contributed by atoms with E-state index in [4.69, 9.17) is 28.4 Å². The van der Waals surface area contributed by atoms with Crippen molar-refractivity contribution in [2.75, 3.05) is 26.4 Å². The van der Waals surface area contributed by atoms with Gasteiger partial charge < -0.3 is 100 Å². The molecule has 0 aromatic rings. The van der Waals surface area contributed by atoms with Crippen LogP contribution in [0.2, 0.25) is 0 Å². The topological polar surface area (TPSA) is 373 Å². The van der Waals surface area contributed by atoms with E-state index in [1.807, 2.05) is 0 Å². The number of aliphatic hydroxyl groups is 11. The van der Waals surface area contributed by atoms with Crippen LogP contribution in [0.5, 0.6) is 0 Å². The van der Waals surface area contributed by atoms with Crippen LogP contribution in [0.25, 0.3) is 0 Å². The summed E-state index contributed by atoms with van der Waals surface area (Å²) in [5.74, 6) is -6.09. The molecule has 0 radical (unpaired) electrons. The normalized spacial score (nSPS) is 25.9. The Kier molecular flexibility index (Phi) is 58.3. The highest BCUT2D eigenvalue weighted by molar-refractivity contribution is 5.77. The number of rotatable bonds is 71. The lowest BCUT2D eigenvalue weighted by molar-refractivity contribution is -0.386. The van der Waals surface area contributed by atoms with E-state index in [0.29, 0.717) is 19.3 Å². The lowest BCUT2D eigenvalue weighted by Crippen LogP contribution is -2.70. The van der Waals surface area contributed by atoms with E-state index in [-0.39, 0.29) is 18.9 Å². The predicted molar refractivity (Wildman–Crippen MR) is 417 cm³/mol. The van der Waals surface area contributed by atoms with Crippen molar-refractivity contribution >= 4 is 17.8 Å². The van der Waals surface area contributed by atoms with Crippen LogP contribution in [0.4, 0.5) is 0 Å². The number of unbranched alkanes of at least 4 members (excludes halogenated alkanes) is 51. The molecule has 0 spiro atoms. The molecular weight excluding hydrogens is 1370 g/mol. The van der Waals surface area contributed by atoms with Crippen molar-refractivity contribution in [2.24, 2.45) is 0 Å². The lowest BCUT2D eigenvalue weighted by Gasteiger charge is -2.50. The number of ether oxygens (including phenoxy) is 6. The minimum atomic E-state index is -3.08. The monoisotopic (exact) mass is 1530 g/mol. The zero-order valence-electron chi connectivity index (χ0n) is 67.3. The maximum atomic E-state index is 13.6. The van der Waals surface area contributed by atoms with Crippen molar-refractivity contribution in [3.63, 3.8) is 0 Å². The van der Waals surface area contributed by atoms with E-state index in [1.54, 1.807) is 0 Å². The van der Waals surface area contributed by atoms with Gasteiger partial charge in [-0.1, -0.05) is 348 Å². The molecule has 2 amide bonds. The summed E-state index contributed by atoms with van der Waals surface area (Å²) < 4.78 is 35.0. The number of aliphatic hydroxyl groups excluding tert-OH is 11. The van der Waals surface area contributed by atoms with Crippen LogP contribution in [0.1, 0.15) is 380 Å². The Morgan fingerprint density at radius 1 is 0.449 bits per heavy atom. The van der Waals surface area contributed by atoms with Gasteiger partial charge in [-0.15, -0.1) is 0 Å². The van der Waals surface area contributed by atoms with E-state index in [9.17, 15) is 75.7 Å². The van der Waals surface area contributed by atoms with Crippen LogP contribution in [0, 0.1) is 0 Å². The minimum Gasteiger partial charge on any atom is -0.477 e. The first-order chi connectivity index (χ1) is 51.9. The van der Waals surface area contributed by atoms with Crippen molar-refractivity contribution in [1.29, 1.82) is 0 Å². The first-order valence-electron chi connectivity index (χ1n) is 43.9. The summed E-state index contributed by atoms with van der Waals surface area (Å²) in [5, 5.41) is 137. The molecule has 18 unspecified atom stereocenters. The molecule has 0 aromatic carbocycles. The summed E-state index contributed by atoms with van der Waals surface area (Å²) in [6.07, 6.45) is 39.8. The summed E-state index contributed by atoms with van der Waals surface area (Å²) >= 11 is 0. The van der Waals surface area contributed by atoms with Crippen molar-refractivity contribution < 1.29 is 104 Å². The number of amides is 2. The smallest absolute Gasteiger partial charge is 0.364 e. The van der Waals surface area contributed by atoms with Gasteiger partial charge in [0.1, 0.15) is 67.1 Å². The third kappa shape index (κ3) is 42.6. The van der Waals surface area contributed by atoms with Crippen molar-refractivity contribution in [3.8, 4) is 0 Å². The average molecular weight is 1530 g/mol. The molecule has 3 heterocycles. The molecule has 18 atom stereocenters. The molecule has 0 bridgehead atoms. The molecule has 632 valence electrons. The van der Waals surface area contributed by atoms with E-state index in [2.05, 4.69) is 24.5 Å². The van der Waals surface area contributed by atoms with Gasteiger partial charge in [0.25, 0.3) is 5.79 Å². The van der Waals surface area contributed by atoms with Crippen molar-refractivity contribution in [2.45, 2.75) is 490 Å². The molecule has 0 aliphatic carbocycles. The Hall–Kier alpha value is -2.27. The molecule has 14 N–H and O–H groups in total. The Morgan fingerprint density at radius 3 is 1.17 bits per heavy atom. The molecular formula is C84H160N2O21. The maximum absolute atomic E-state index is 13.6. The molecule has 3 rings (SSSR count). The molecule has 3 aliphatic heterocycles. The fourth-order valence-electron chi connectivity index (χ4n) is 15.7. The Morgan fingerprint density at radius 2 is 0.813 bits per heavy atom. The lowest BCUT2D eigenvalue weighted by atomic mass is 9.88. The van der Waals surface area contributed by atoms with Gasteiger partial charge in [0.15, 0.2) is 12.6 Å². The number of aliphatic carboxylic acids is 1. The quantitative estimate of drug-likeness (QED) is 0.0252. The van der Waals surface area contributed by atoms with Crippen LogP contribution >= 0.6 is 0 Å². The summed E-state index contributed by atoms with van der Waals surface area (Å²) in [6, 6.07) is -2.53. The third-order valence-electron chi connectivity index (χ3n) is 22.6. The first kappa shape index (κ1) is 98.9. The SMILES string of the molecule is CCCCCCCCCCCCCCCCCCCCCCCCCCCCCCCCCCCCCC(=O)NC(COC1OC(CO)C(OC2OC(CO)C(O)C(OC3(C(=O)O)CC(O)C(NC(C)=O)C(C(O)C(O)CO)O3)C2O)C(O)C1O)C(O)CCCCCCCCCCCCCCCCCCCC. The van der Waals surface area contributed by atoms with Crippen molar-refractivity contribution in [1.82, 2.24) is 10.6 Å². The Labute approximate surface area is 646 Å². The number of carbonyl (C=O) groups excluding carboxylic acids is 2. The van der Waals surface area contributed by atoms with Gasteiger partial charge in [-0.05, 0) is 12.8 Å². The largest absolute Gasteiger partial charge is 0.477 e. The predicted octanol–water partition coefficient (Wildman–Crippen LogP) is 13.1. The number of carbonyl (C=O) groups is 3. The second-order valence-corrected chi connectivity index (χ2v) is 32.1. The fraction of sp³-hybridized carbons (Fsp3) is 0.964. The summed E-state index contributed by atoms with van der Waals surface area (Å²) in [5.41, 5.74) is 0. The molecule has 23 heteroatoms. The molecule has 0 aromatic heterocycles. The number of carboxylic acids is 1. The van der Waals surface area contributed by atoms with Gasteiger partial charge in [0.05, 0.1) is 50.7 Å². The molecule has 0 saturated carbocycles. The highest BCUT2D eigenvalue weighted by Gasteiger charge is 2.60. The van der Waals surface area contributed by atoms with E-state index in [1.165, 1.54) is 283 Å². The molecule has 3 aliphatic rings. The first-order valence-corrected chi connectivity index (χ1v) is 43.9. The van der Waals surface area contributed by atoms with Crippen LogP contribution in [-0.2, 0) is 42.8 Å². The zero-order chi connectivity index (χ0) is 78.1. The molecule has 3 fully saturated rings. The van der Waals surface area contributed by atoms with Gasteiger partial charge in [0.2, 0.25) is 11.8 Å². The van der Waals surface area contributed by atoms with Gasteiger partial charge in [-0.3, -0.25) is 9.59 Å². The van der Waals surface area contributed by atoms with Crippen LogP contribution in [0.3, 0.4) is 0 Å². The summed E-state index contributed by atoms with van der Waals surface area (Å²) in [4.78, 5) is 38.8. The number of nitrogens with one attached hydrogen (secondary N) is 2. The molecule has 107 heavy (non-hydrogen) atoms. The second kappa shape index (κ2) is 63.1. The van der Waals surface area contributed by atoms with Gasteiger partial charge in [-0.2, -0.15) is 0 Å². The highest BCUT2D eigenvalue weighted by atomic mass is 16.8. The Balaban J connectivity index is 1.42. The number of carboxylic acid groups (broad SMARTS) is 1. The van der Waals surface area contributed by atoms with E-state index >= 15 is 0 Å². The van der Waals surface area contributed by atoms with Crippen molar-refractivity contribution in [3.05, 3.63) is 0 Å². The average Bonchev–Trinajstić information content (AvgIpc) is 0.754. The molecule has 3 saturated heterocycles. The second-order valence-electron chi connectivity index (χ2n) is 32.1.